The minimum atomic E-state index is -3.21. The first kappa shape index (κ1) is 20.5. The summed E-state index contributed by atoms with van der Waals surface area (Å²) in [5, 5.41) is 3.21. The first-order chi connectivity index (χ1) is 13.7. The van der Waals surface area contributed by atoms with Crippen molar-refractivity contribution in [2.75, 3.05) is 5.32 Å². The molecular weight excluding hydrogens is 394 g/mol. The van der Waals surface area contributed by atoms with Gasteiger partial charge in [0, 0.05) is 17.0 Å². The summed E-state index contributed by atoms with van der Waals surface area (Å²) >= 11 is 0. The SMILES string of the molecule is Cc1ccc2c(CC(=O)Nc3ccc(OC(F)F)cc3OC(F)F)coc2c1C. The zero-order chi connectivity index (χ0) is 21.1. The highest BCUT2D eigenvalue weighted by atomic mass is 19.3. The van der Waals surface area contributed by atoms with E-state index in [-0.39, 0.29) is 17.9 Å². The third-order valence-corrected chi connectivity index (χ3v) is 4.36. The number of carbonyl (C=O) groups excluding carboxylic acids is 1. The molecule has 0 aliphatic heterocycles. The molecular formula is C20H17F4NO4. The van der Waals surface area contributed by atoms with Gasteiger partial charge in [0.15, 0.2) is 5.75 Å². The van der Waals surface area contributed by atoms with E-state index < -0.39 is 24.9 Å². The molecule has 9 heteroatoms. The van der Waals surface area contributed by atoms with Crippen LogP contribution < -0.4 is 14.8 Å². The van der Waals surface area contributed by atoms with Crippen LogP contribution in [-0.2, 0) is 11.2 Å². The Labute approximate surface area is 163 Å². The Morgan fingerprint density at radius 2 is 1.79 bits per heavy atom. The largest absolute Gasteiger partial charge is 0.464 e. The summed E-state index contributed by atoms with van der Waals surface area (Å²) in [6.07, 6.45) is 1.38. The minimum absolute atomic E-state index is 0.0844. The third-order valence-electron chi connectivity index (χ3n) is 4.36. The van der Waals surface area contributed by atoms with E-state index in [1.54, 1.807) is 0 Å². The van der Waals surface area contributed by atoms with Crippen molar-refractivity contribution in [1.29, 1.82) is 0 Å². The zero-order valence-electron chi connectivity index (χ0n) is 15.5. The number of halogens is 4. The monoisotopic (exact) mass is 411 g/mol. The maximum atomic E-state index is 12.6. The average Bonchev–Trinajstić information content (AvgIpc) is 3.03. The number of hydrogen-bond acceptors (Lipinski definition) is 4. The smallest absolute Gasteiger partial charge is 0.387 e. The molecule has 0 saturated heterocycles. The van der Waals surface area contributed by atoms with Crippen molar-refractivity contribution < 1.29 is 36.2 Å². The van der Waals surface area contributed by atoms with E-state index in [2.05, 4.69) is 14.8 Å². The number of fused-ring (bicyclic) bond motifs is 1. The fourth-order valence-corrected chi connectivity index (χ4v) is 2.87. The maximum Gasteiger partial charge on any atom is 0.387 e. The van der Waals surface area contributed by atoms with Gasteiger partial charge in [-0.3, -0.25) is 4.79 Å². The molecule has 0 unspecified atom stereocenters. The van der Waals surface area contributed by atoms with Gasteiger partial charge in [0.25, 0.3) is 0 Å². The van der Waals surface area contributed by atoms with Gasteiger partial charge in [-0.2, -0.15) is 17.6 Å². The molecule has 1 N–H and O–H groups in total. The Morgan fingerprint density at radius 3 is 2.48 bits per heavy atom. The molecule has 5 nitrogen and oxygen atoms in total. The van der Waals surface area contributed by atoms with Crippen molar-refractivity contribution in [3.63, 3.8) is 0 Å². The summed E-state index contributed by atoms with van der Waals surface area (Å²) in [6, 6.07) is 6.86. The van der Waals surface area contributed by atoms with Gasteiger partial charge in [-0.1, -0.05) is 12.1 Å². The van der Waals surface area contributed by atoms with Gasteiger partial charge in [-0.15, -0.1) is 0 Å². The van der Waals surface area contributed by atoms with Crippen LogP contribution in [0.25, 0.3) is 11.0 Å². The lowest BCUT2D eigenvalue weighted by atomic mass is 10.0. The van der Waals surface area contributed by atoms with Crippen LogP contribution >= 0.6 is 0 Å². The van der Waals surface area contributed by atoms with Crippen molar-refractivity contribution in [2.24, 2.45) is 0 Å². The lowest BCUT2D eigenvalue weighted by molar-refractivity contribution is -0.115. The normalized spacial score (nSPS) is 11.3. The summed E-state index contributed by atoms with van der Waals surface area (Å²) in [5.74, 6) is -1.39. The van der Waals surface area contributed by atoms with Crippen molar-refractivity contribution >= 4 is 22.6 Å². The topological polar surface area (TPSA) is 60.7 Å². The number of nitrogens with one attached hydrogen (secondary N) is 1. The molecule has 1 heterocycles. The minimum Gasteiger partial charge on any atom is -0.464 e. The molecule has 29 heavy (non-hydrogen) atoms. The van der Waals surface area contributed by atoms with Crippen LogP contribution in [0.2, 0.25) is 0 Å². The second-order valence-electron chi connectivity index (χ2n) is 6.29. The molecule has 0 fully saturated rings. The van der Waals surface area contributed by atoms with Crippen molar-refractivity contribution in [3.05, 3.63) is 53.3 Å². The standard InChI is InChI=1S/C20H17F4NO4/c1-10-3-5-14-12(9-27-18(14)11(10)2)7-17(26)25-15-6-4-13(28-19(21)22)8-16(15)29-20(23)24/h3-6,8-9,19-20H,7H2,1-2H3,(H,25,26). The molecule has 0 atom stereocenters. The van der Waals surface area contributed by atoms with Gasteiger partial charge >= 0.3 is 13.2 Å². The maximum absolute atomic E-state index is 12.6. The van der Waals surface area contributed by atoms with Crippen LogP contribution in [0.1, 0.15) is 16.7 Å². The third kappa shape index (κ3) is 4.79. The van der Waals surface area contributed by atoms with Gasteiger partial charge in [-0.25, -0.2) is 0 Å². The lowest BCUT2D eigenvalue weighted by Gasteiger charge is -2.14. The molecule has 1 amide bonds. The number of benzene rings is 2. The summed E-state index contributed by atoms with van der Waals surface area (Å²) in [6.45, 7) is -2.50. The molecule has 1 aromatic heterocycles. The zero-order valence-corrected chi connectivity index (χ0v) is 15.5. The van der Waals surface area contributed by atoms with Crippen molar-refractivity contribution in [3.8, 4) is 11.5 Å². The number of carbonyl (C=O) groups is 1. The molecule has 0 saturated carbocycles. The number of rotatable bonds is 7. The Balaban J connectivity index is 1.80. The number of hydrogen-bond donors (Lipinski definition) is 1. The number of amides is 1. The van der Waals surface area contributed by atoms with E-state index in [1.165, 1.54) is 6.26 Å². The number of aryl methyl sites for hydroxylation is 2. The van der Waals surface area contributed by atoms with Crippen LogP contribution in [0.15, 0.2) is 41.0 Å². The molecule has 0 aliphatic carbocycles. The van der Waals surface area contributed by atoms with E-state index in [4.69, 9.17) is 4.42 Å². The molecule has 154 valence electrons. The number of ether oxygens (including phenoxy) is 2. The number of alkyl halides is 4. The highest BCUT2D eigenvalue weighted by molar-refractivity contribution is 5.97. The van der Waals surface area contributed by atoms with E-state index in [0.717, 1.165) is 34.7 Å². The Hall–Kier alpha value is -3.23. The Bertz CT molecular complexity index is 1030. The van der Waals surface area contributed by atoms with E-state index in [9.17, 15) is 22.4 Å². The van der Waals surface area contributed by atoms with E-state index in [0.29, 0.717) is 11.1 Å². The fourth-order valence-electron chi connectivity index (χ4n) is 2.87. The van der Waals surface area contributed by atoms with Crippen LogP contribution in [-0.4, -0.2) is 19.1 Å². The van der Waals surface area contributed by atoms with Crippen LogP contribution in [0.3, 0.4) is 0 Å². The predicted octanol–water partition coefficient (Wildman–Crippen LogP) is 5.43. The first-order valence-electron chi connectivity index (χ1n) is 8.54. The summed E-state index contributed by atoms with van der Waals surface area (Å²) < 4.78 is 64.0. The lowest BCUT2D eigenvalue weighted by Crippen LogP contribution is -2.16. The van der Waals surface area contributed by atoms with Gasteiger partial charge in [0.2, 0.25) is 5.91 Å². The highest BCUT2D eigenvalue weighted by Gasteiger charge is 2.17. The molecule has 0 radical (unpaired) electrons. The molecule has 3 aromatic rings. The quantitative estimate of drug-likeness (QED) is 0.527. The summed E-state index contributed by atoms with van der Waals surface area (Å²) in [4.78, 5) is 12.4. The molecule has 0 bridgehead atoms. The second-order valence-corrected chi connectivity index (χ2v) is 6.29. The van der Waals surface area contributed by atoms with Crippen LogP contribution in [0.4, 0.5) is 23.2 Å². The van der Waals surface area contributed by atoms with Gasteiger partial charge in [-0.05, 0) is 37.1 Å². The van der Waals surface area contributed by atoms with E-state index >= 15 is 0 Å². The molecule has 2 aromatic carbocycles. The average molecular weight is 411 g/mol. The highest BCUT2D eigenvalue weighted by Crippen LogP contribution is 2.32. The van der Waals surface area contributed by atoms with Crippen LogP contribution in [0.5, 0.6) is 11.5 Å². The Morgan fingerprint density at radius 1 is 1.07 bits per heavy atom. The van der Waals surface area contributed by atoms with E-state index in [1.807, 2.05) is 26.0 Å². The molecule has 3 rings (SSSR count). The van der Waals surface area contributed by atoms with Gasteiger partial charge < -0.3 is 19.2 Å². The predicted molar refractivity (Wildman–Crippen MR) is 97.7 cm³/mol. The first-order valence-corrected chi connectivity index (χ1v) is 8.54. The Kier molecular flexibility index (Phi) is 5.95. The second kappa shape index (κ2) is 8.42. The fraction of sp³-hybridized carbons (Fsp3) is 0.250. The van der Waals surface area contributed by atoms with Crippen LogP contribution in [0, 0.1) is 13.8 Å². The van der Waals surface area contributed by atoms with Crippen molar-refractivity contribution in [1.82, 2.24) is 0 Å². The summed E-state index contributed by atoms with van der Waals surface area (Å²) in [7, 11) is 0. The number of furan rings is 1. The molecule has 0 aliphatic rings. The van der Waals surface area contributed by atoms with Gasteiger partial charge in [0.1, 0.15) is 11.3 Å². The molecule has 0 spiro atoms. The van der Waals surface area contributed by atoms with Crippen molar-refractivity contribution in [2.45, 2.75) is 33.5 Å². The summed E-state index contributed by atoms with van der Waals surface area (Å²) in [5.41, 5.74) is 3.19. The number of anilines is 1. The van der Waals surface area contributed by atoms with Gasteiger partial charge in [0.05, 0.1) is 18.4 Å².